The molecule has 2 aromatic carbocycles. The van der Waals surface area contributed by atoms with Crippen LogP contribution in [0.4, 0.5) is 17.6 Å². The molecular weight excluding hydrogens is 535 g/mol. The first-order chi connectivity index (χ1) is 16.2. The molecule has 2 aliphatic rings. The van der Waals surface area contributed by atoms with Crippen molar-refractivity contribution in [2.45, 2.75) is 37.6 Å². The van der Waals surface area contributed by atoms with Crippen molar-refractivity contribution in [3.8, 4) is 0 Å². The summed E-state index contributed by atoms with van der Waals surface area (Å²) < 4.78 is 79.5. The molecule has 0 bridgehead atoms. The van der Waals surface area contributed by atoms with Gasteiger partial charge in [-0.05, 0) is 48.7 Å². The number of hydrogen-bond acceptors (Lipinski definition) is 5. The van der Waals surface area contributed by atoms with Crippen molar-refractivity contribution in [2.75, 3.05) is 11.5 Å². The summed E-state index contributed by atoms with van der Waals surface area (Å²) in [5.74, 6) is -1.67. The van der Waals surface area contributed by atoms with Crippen LogP contribution in [0.25, 0.3) is 0 Å². The number of amides is 1. The van der Waals surface area contributed by atoms with Gasteiger partial charge in [0, 0.05) is 23.6 Å². The van der Waals surface area contributed by atoms with E-state index in [-0.39, 0.29) is 28.3 Å². The lowest BCUT2D eigenvalue weighted by Crippen LogP contribution is -2.42. The number of nitrogens with zero attached hydrogens (tertiary/aromatic N) is 1. The van der Waals surface area contributed by atoms with Gasteiger partial charge < -0.3 is 10.2 Å². The summed E-state index contributed by atoms with van der Waals surface area (Å²) >= 11 is 11.4. The van der Waals surface area contributed by atoms with E-state index in [4.69, 9.17) is 28.0 Å². The highest BCUT2D eigenvalue weighted by Crippen LogP contribution is 2.50. The Kier molecular flexibility index (Phi) is 6.56. The molecule has 2 aromatic rings. The molecule has 0 spiro atoms. The Morgan fingerprint density at radius 1 is 1.20 bits per heavy atom. The Morgan fingerprint density at radius 2 is 1.86 bits per heavy atom. The van der Waals surface area contributed by atoms with E-state index in [0.29, 0.717) is 12.0 Å². The number of nitrogens with one attached hydrogen (secondary N) is 1. The molecule has 6 nitrogen and oxygen atoms in total. The molecular formula is C22H18Cl2F4N2O4S. The summed E-state index contributed by atoms with van der Waals surface area (Å²) in [4.78, 5) is 17.5. The fourth-order valence-corrected chi connectivity index (χ4v) is 6.28. The predicted octanol–water partition coefficient (Wildman–Crippen LogP) is 4.94. The van der Waals surface area contributed by atoms with Crippen LogP contribution in [-0.4, -0.2) is 43.8 Å². The number of oxime groups is 1. The van der Waals surface area contributed by atoms with Crippen LogP contribution in [-0.2, 0) is 20.3 Å². The second-order valence-electron chi connectivity index (χ2n) is 8.49. The average molecular weight is 553 g/mol. The van der Waals surface area contributed by atoms with E-state index in [0.717, 1.165) is 12.1 Å². The van der Waals surface area contributed by atoms with Gasteiger partial charge in [-0.15, -0.1) is 0 Å². The van der Waals surface area contributed by atoms with E-state index < -0.39 is 61.4 Å². The number of carbonyl (C=O) groups excluding carboxylic acids is 1. The number of hydrogen-bond donors (Lipinski definition) is 1. The maximum absolute atomic E-state index is 14.2. The molecule has 2 aliphatic heterocycles. The number of benzene rings is 2. The van der Waals surface area contributed by atoms with Crippen molar-refractivity contribution in [3.05, 3.63) is 68.4 Å². The Morgan fingerprint density at radius 3 is 2.40 bits per heavy atom. The van der Waals surface area contributed by atoms with Gasteiger partial charge in [-0.2, -0.15) is 13.2 Å². The van der Waals surface area contributed by atoms with Gasteiger partial charge in [0.05, 0.1) is 27.3 Å². The van der Waals surface area contributed by atoms with E-state index in [9.17, 15) is 30.8 Å². The minimum absolute atomic E-state index is 0.00112. The minimum Gasteiger partial charge on any atom is -0.374 e. The Bertz CT molecular complexity index is 1320. The zero-order valence-corrected chi connectivity index (χ0v) is 20.4. The normalized spacial score (nSPS) is 23.6. The van der Waals surface area contributed by atoms with Gasteiger partial charge in [0.25, 0.3) is 11.5 Å². The van der Waals surface area contributed by atoms with E-state index in [2.05, 4.69) is 10.5 Å². The van der Waals surface area contributed by atoms with Gasteiger partial charge in [0.2, 0.25) is 0 Å². The zero-order chi connectivity index (χ0) is 25.8. The van der Waals surface area contributed by atoms with E-state index in [1.807, 2.05) is 0 Å². The summed E-state index contributed by atoms with van der Waals surface area (Å²) in [7, 11) is -3.18. The predicted molar refractivity (Wildman–Crippen MR) is 122 cm³/mol. The molecule has 35 heavy (non-hydrogen) atoms. The first-order valence-electron chi connectivity index (χ1n) is 10.3. The van der Waals surface area contributed by atoms with E-state index >= 15 is 0 Å². The number of sulfone groups is 1. The highest BCUT2D eigenvalue weighted by molar-refractivity contribution is 7.91. The maximum atomic E-state index is 14.2. The highest BCUT2D eigenvalue weighted by atomic mass is 35.5. The smallest absolute Gasteiger partial charge is 0.374 e. The molecule has 2 atom stereocenters. The van der Waals surface area contributed by atoms with Crippen LogP contribution in [0.3, 0.4) is 0 Å². The van der Waals surface area contributed by atoms with E-state index in [1.54, 1.807) is 6.92 Å². The molecule has 13 heteroatoms. The fraction of sp³-hybridized carbons (Fsp3) is 0.364. The van der Waals surface area contributed by atoms with Crippen molar-refractivity contribution >= 4 is 44.7 Å². The average Bonchev–Trinajstić information content (AvgIpc) is 3.35. The van der Waals surface area contributed by atoms with Crippen LogP contribution in [0.2, 0.25) is 10.0 Å². The first-order valence-corrected chi connectivity index (χ1v) is 12.9. The molecule has 0 saturated carbocycles. The third-order valence-corrected chi connectivity index (χ3v) is 8.33. The third-order valence-electron chi connectivity index (χ3n) is 6.01. The van der Waals surface area contributed by atoms with Crippen molar-refractivity contribution in [1.82, 2.24) is 5.32 Å². The molecule has 4 rings (SSSR count). The lowest BCUT2D eigenvalue weighted by atomic mass is 9.86. The number of carbonyl (C=O) groups is 1. The van der Waals surface area contributed by atoms with E-state index in [1.165, 1.54) is 18.2 Å². The summed E-state index contributed by atoms with van der Waals surface area (Å²) in [6.45, 7) is 1.59. The second kappa shape index (κ2) is 8.94. The molecule has 0 radical (unpaired) electrons. The van der Waals surface area contributed by atoms with Crippen molar-refractivity contribution in [1.29, 1.82) is 0 Å². The van der Waals surface area contributed by atoms with Crippen LogP contribution >= 0.6 is 23.2 Å². The highest BCUT2D eigenvalue weighted by Gasteiger charge is 2.62. The van der Waals surface area contributed by atoms with Crippen LogP contribution in [0.15, 0.2) is 35.5 Å². The number of aryl methyl sites for hydroxylation is 1. The number of alkyl halides is 3. The second-order valence-corrected chi connectivity index (χ2v) is 11.5. The minimum atomic E-state index is -4.95. The van der Waals surface area contributed by atoms with Gasteiger partial charge >= 0.3 is 6.18 Å². The summed E-state index contributed by atoms with van der Waals surface area (Å²) in [5, 5.41) is 5.14. The van der Waals surface area contributed by atoms with Gasteiger partial charge in [-0.1, -0.05) is 34.4 Å². The molecule has 2 heterocycles. The van der Waals surface area contributed by atoms with Gasteiger partial charge in [0.1, 0.15) is 0 Å². The van der Waals surface area contributed by atoms with Crippen molar-refractivity contribution in [2.24, 2.45) is 5.16 Å². The quantitative estimate of drug-likeness (QED) is 0.430. The Hall–Kier alpha value is -2.37. The monoisotopic (exact) mass is 552 g/mol. The molecule has 0 aromatic heterocycles. The lowest BCUT2D eigenvalue weighted by molar-refractivity contribution is -0.275. The van der Waals surface area contributed by atoms with Crippen molar-refractivity contribution in [3.63, 3.8) is 0 Å². The molecule has 1 amide bonds. The molecule has 0 aliphatic carbocycles. The fourth-order valence-electron chi connectivity index (χ4n) is 4.12. The molecule has 188 valence electrons. The van der Waals surface area contributed by atoms with Gasteiger partial charge in [-0.25, -0.2) is 12.8 Å². The van der Waals surface area contributed by atoms with Crippen LogP contribution in [0.5, 0.6) is 0 Å². The number of halogens is 6. The first kappa shape index (κ1) is 25.7. The largest absolute Gasteiger partial charge is 0.435 e. The molecule has 1 N–H and O–H groups in total. The molecule has 1 fully saturated rings. The van der Waals surface area contributed by atoms with Gasteiger partial charge in [0.15, 0.2) is 15.7 Å². The Labute approximate surface area is 208 Å². The van der Waals surface area contributed by atoms with Crippen LogP contribution in [0, 0.1) is 12.7 Å². The number of rotatable bonds is 4. The molecule has 1 unspecified atom stereocenters. The third kappa shape index (κ3) is 4.85. The summed E-state index contributed by atoms with van der Waals surface area (Å²) in [5.41, 5.74) is -2.50. The maximum Gasteiger partial charge on any atom is 0.435 e. The SMILES string of the molecule is Cc1cc(C2=NOC(c3cc(Cl)c(F)c(Cl)c3)(C(F)(F)F)C2)ccc1C(=O)N[C@@H]1CCS(=O)(=O)C1. The van der Waals surface area contributed by atoms with Crippen LogP contribution in [0.1, 0.15) is 39.9 Å². The Balaban J connectivity index is 1.58. The topological polar surface area (TPSA) is 84.8 Å². The zero-order valence-electron chi connectivity index (χ0n) is 18.0. The molecule has 1 saturated heterocycles. The lowest BCUT2D eigenvalue weighted by Gasteiger charge is -2.29. The van der Waals surface area contributed by atoms with Crippen molar-refractivity contribution < 1.29 is 35.6 Å². The standard InChI is InChI=1S/C22H18Cl2F4N2O4S/c1-11-6-12(2-3-15(11)20(31)29-14-4-5-35(32,33)10-14)18-9-21(34-30-18,22(26,27)28)13-7-16(23)19(25)17(24)8-13/h2-3,6-8,14H,4-5,9-10H2,1H3,(H,29,31)/t14-,21?/m1/s1. The van der Waals surface area contributed by atoms with Gasteiger partial charge in [-0.3, -0.25) is 4.79 Å². The summed E-state index contributed by atoms with van der Waals surface area (Å²) in [6, 6.07) is 5.44. The summed E-state index contributed by atoms with van der Waals surface area (Å²) in [6.07, 6.45) is -5.37. The van der Waals surface area contributed by atoms with Crippen LogP contribution < -0.4 is 5.32 Å².